The maximum absolute atomic E-state index is 12.4. The molecule has 4 saturated heterocycles. The van der Waals surface area contributed by atoms with Crippen molar-refractivity contribution < 1.29 is 46.8 Å². The molecule has 4 fully saturated rings. The molecule has 2 aromatic carbocycles. The summed E-state index contributed by atoms with van der Waals surface area (Å²) in [6, 6.07) is 20.9. The standard InChI is InChI=1S/2C17H23NO3.H2O4S/c2*1-18-13-7-8-14(18)10-15(9-13)21-17(20)16(11-19)12-5-3-2-4-6-12;1-5(2,3)4/h2*2-6,13-16,19H,7-11H2,1H3;(H2,1,2,3,4). The predicted molar refractivity (Wildman–Crippen MR) is 174 cm³/mol. The van der Waals surface area contributed by atoms with E-state index in [4.69, 9.17) is 27.0 Å². The molecule has 0 aromatic heterocycles. The third-order valence-corrected chi connectivity index (χ3v) is 10.0. The number of aliphatic hydroxyl groups excluding tert-OH is 2. The molecule has 260 valence electrons. The van der Waals surface area contributed by atoms with Crippen molar-refractivity contribution in [2.24, 2.45) is 0 Å². The van der Waals surface area contributed by atoms with Crippen molar-refractivity contribution in [1.29, 1.82) is 0 Å². The van der Waals surface area contributed by atoms with Gasteiger partial charge in [0.05, 0.1) is 13.2 Å². The fourth-order valence-electron chi connectivity index (χ4n) is 7.41. The van der Waals surface area contributed by atoms with E-state index in [0.29, 0.717) is 24.2 Å². The molecule has 0 amide bonds. The van der Waals surface area contributed by atoms with Gasteiger partial charge in [0.25, 0.3) is 0 Å². The van der Waals surface area contributed by atoms with E-state index in [9.17, 15) is 19.8 Å². The Balaban J connectivity index is 0.000000186. The number of nitrogens with zero attached hydrogens (tertiary/aromatic N) is 2. The normalized spacial score (nSPS) is 28.1. The second-order valence-corrected chi connectivity index (χ2v) is 13.8. The highest BCUT2D eigenvalue weighted by molar-refractivity contribution is 7.79. The molecule has 4 N–H and O–H groups in total. The van der Waals surface area contributed by atoms with Crippen molar-refractivity contribution in [3.63, 3.8) is 0 Å². The summed E-state index contributed by atoms with van der Waals surface area (Å²) in [6.07, 6.45) is 8.52. The van der Waals surface area contributed by atoms with Crippen LogP contribution in [0.2, 0.25) is 0 Å². The van der Waals surface area contributed by atoms with E-state index in [1.54, 1.807) is 0 Å². The number of aliphatic hydroxyl groups is 2. The van der Waals surface area contributed by atoms with Crippen LogP contribution in [0.25, 0.3) is 0 Å². The van der Waals surface area contributed by atoms with Gasteiger partial charge in [-0.05, 0) is 76.6 Å². The fraction of sp³-hybridized carbons (Fsp3) is 0.588. The van der Waals surface area contributed by atoms with Gasteiger partial charge in [-0.25, -0.2) is 0 Å². The third kappa shape index (κ3) is 10.5. The van der Waals surface area contributed by atoms with E-state index < -0.39 is 22.2 Å². The fourth-order valence-corrected chi connectivity index (χ4v) is 7.41. The number of fused-ring (bicyclic) bond motifs is 4. The summed E-state index contributed by atoms with van der Waals surface area (Å²) in [5.41, 5.74) is 1.64. The summed E-state index contributed by atoms with van der Waals surface area (Å²) in [6.45, 7) is -0.412. The van der Waals surface area contributed by atoms with Gasteiger partial charge in [-0.3, -0.25) is 18.7 Å². The molecule has 0 radical (unpaired) electrons. The third-order valence-electron chi connectivity index (χ3n) is 10.0. The summed E-state index contributed by atoms with van der Waals surface area (Å²) < 4.78 is 43.0. The van der Waals surface area contributed by atoms with Crippen molar-refractivity contribution >= 4 is 22.3 Å². The molecule has 47 heavy (non-hydrogen) atoms. The molecule has 4 bridgehead atoms. The van der Waals surface area contributed by atoms with Gasteiger partial charge >= 0.3 is 22.3 Å². The lowest BCUT2D eigenvalue weighted by Gasteiger charge is -2.36. The first kappa shape index (κ1) is 36.9. The number of rotatable bonds is 8. The Morgan fingerprint density at radius 2 is 0.936 bits per heavy atom. The maximum Gasteiger partial charge on any atom is 0.394 e. The highest BCUT2D eigenvalue weighted by Crippen LogP contribution is 2.37. The number of hydrogen-bond acceptors (Lipinski definition) is 10. The Labute approximate surface area is 277 Å². The minimum atomic E-state index is -4.67. The molecule has 6 atom stereocenters. The smallest absolute Gasteiger partial charge is 0.394 e. The lowest BCUT2D eigenvalue weighted by atomic mass is 9.98. The zero-order valence-electron chi connectivity index (χ0n) is 27.0. The number of hydrogen-bond donors (Lipinski definition) is 4. The van der Waals surface area contributed by atoms with Crippen molar-refractivity contribution in [3.8, 4) is 0 Å². The van der Waals surface area contributed by atoms with Gasteiger partial charge in [-0.1, -0.05) is 60.7 Å². The van der Waals surface area contributed by atoms with Gasteiger partial charge < -0.3 is 29.5 Å². The second-order valence-electron chi connectivity index (χ2n) is 12.9. The van der Waals surface area contributed by atoms with E-state index in [2.05, 4.69) is 23.9 Å². The Kier molecular flexibility index (Phi) is 13.3. The maximum atomic E-state index is 12.4. The zero-order chi connectivity index (χ0) is 34.1. The van der Waals surface area contributed by atoms with Gasteiger partial charge in [0.1, 0.15) is 24.0 Å². The van der Waals surface area contributed by atoms with Crippen LogP contribution >= 0.6 is 0 Å². The molecule has 2 aromatic rings. The highest BCUT2D eigenvalue weighted by Gasteiger charge is 2.41. The van der Waals surface area contributed by atoms with Crippen molar-refractivity contribution in [2.45, 2.75) is 99.6 Å². The van der Waals surface area contributed by atoms with E-state index in [1.165, 1.54) is 25.7 Å². The minimum Gasteiger partial charge on any atom is -0.462 e. The Bertz CT molecular complexity index is 1270. The molecule has 12 nitrogen and oxygen atoms in total. The largest absolute Gasteiger partial charge is 0.462 e. The minimum absolute atomic E-state index is 0.00367. The predicted octanol–water partition coefficient (Wildman–Crippen LogP) is 3.21. The molecule has 0 spiro atoms. The molecule has 4 aliphatic heterocycles. The lowest BCUT2D eigenvalue weighted by Crippen LogP contribution is -2.43. The lowest BCUT2D eigenvalue weighted by molar-refractivity contribution is -0.156. The van der Waals surface area contributed by atoms with E-state index in [-0.39, 0.29) is 37.4 Å². The van der Waals surface area contributed by atoms with Gasteiger partial charge in [0.15, 0.2) is 0 Å². The summed E-state index contributed by atoms with van der Waals surface area (Å²) in [5, 5.41) is 19.1. The van der Waals surface area contributed by atoms with Crippen molar-refractivity contribution in [1.82, 2.24) is 9.80 Å². The molecule has 4 heterocycles. The van der Waals surface area contributed by atoms with E-state index in [1.807, 2.05) is 60.7 Å². The van der Waals surface area contributed by atoms with E-state index in [0.717, 1.165) is 36.8 Å². The number of carbonyl (C=O) groups excluding carboxylic acids is 2. The van der Waals surface area contributed by atoms with Crippen LogP contribution < -0.4 is 0 Å². The number of carbonyl (C=O) groups is 2. The second kappa shape index (κ2) is 17.0. The van der Waals surface area contributed by atoms with Crippen LogP contribution in [0.1, 0.15) is 74.3 Å². The summed E-state index contributed by atoms with van der Waals surface area (Å²) in [7, 11) is -0.332. The summed E-state index contributed by atoms with van der Waals surface area (Å²) >= 11 is 0. The van der Waals surface area contributed by atoms with Crippen molar-refractivity contribution in [2.75, 3.05) is 27.3 Å². The van der Waals surface area contributed by atoms with Crippen LogP contribution in [-0.2, 0) is 29.5 Å². The zero-order valence-corrected chi connectivity index (χ0v) is 27.8. The average molecular weight is 677 g/mol. The van der Waals surface area contributed by atoms with Gasteiger partial charge in [0.2, 0.25) is 0 Å². The molecule has 0 aliphatic carbocycles. The molecular weight excluding hydrogens is 628 g/mol. The summed E-state index contributed by atoms with van der Waals surface area (Å²) in [5.74, 6) is -1.72. The molecule has 13 heteroatoms. The first-order valence-electron chi connectivity index (χ1n) is 16.2. The SMILES string of the molecule is CN1C2CCC1CC(OC(=O)C(CO)c1ccccc1)C2.CN1C2CCC1CC(OC(=O)C(CO)c1ccccc1)C2.O=S(=O)(O)O. The summed E-state index contributed by atoms with van der Waals surface area (Å²) in [4.78, 5) is 29.6. The quantitative estimate of drug-likeness (QED) is 0.238. The van der Waals surface area contributed by atoms with Crippen molar-refractivity contribution in [3.05, 3.63) is 71.8 Å². The number of benzene rings is 2. The van der Waals surface area contributed by atoms with Crippen LogP contribution in [0, 0.1) is 0 Å². The number of esters is 2. The number of piperidine rings is 2. The molecule has 0 saturated carbocycles. The number of ether oxygens (including phenoxy) is 2. The monoisotopic (exact) mass is 676 g/mol. The molecule has 6 unspecified atom stereocenters. The highest BCUT2D eigenvalue weighted by atomic mass is 32.3. The average Bonchev–Trinajstić information content (AvgIpc) is 3.34. The Hall–Kier alpha value is -2.91. The van der Waals surface area contributed by atoms with Gasteiger partial charge in [-0.2, -0.15) is 8.42 Å². The van der Waals surface area contributed by atoms with Crippen LogP contribution in [0.15, 0.2) is 60.7 Å². The van der Waals surface area contributed by atoms with Crippen LogP contribution in [0.5, 0.6) is 0 Å². The van der Waals surface area contributed by atoms with Crippen LogP contribution in [0.3, 0.4) is 0 Å². The molecular formula is C34H48N2O10S. The van der Waals surface area contributed by atoms with E-state index >= 15 is 0 Å². The van der Waals surface area contributed by atoms with Crippen LogP contribution in [0.4, 0.5) is 0 Å². The Morgan fingerprint density at radius 3 is 1.19 bits per heavy atom. The molecule has 6 rings (SSSR count). The van der Waals surface area contributed by atoms with Crippen LogP contribution in [-0.4, -0.2) is 113 Å². The first-order chi connectivity index (χ1) is 22.4. The van der Waals surface area contributed by atoms with Gasteiger partial charge in [0, 0.05) is 24.2 Å². The first-order valence-corrected chi connectivity index (χ1v) is 17.6. The molecule has 4 aliphatic rings. The Morgan fingerprint density at radius 1 is 0.660 bits per heavy atom. The topological polar surface area (TPSA) is 174 Å². The van der Waals surface area contributed by atoms with Gasteiger partial charge in [-0.15, -0.1) is 0 Å².